The van der Waals surface area contributed by atoms with Gasteiger partial charge in [-0.15, -0.1) is 12.4 Å². The van der Waals surface area contributed by atoms with Crippen LogP contribution in [-0.2, 0) is 9.53 Å². The van der Waals surface area contributed by atoms with Crippen molar-refractivity contribution in [1.29, 1.82) is 0 Å². The van der Waals surface area contributed by atoms with Gasteiger partial charge in [-0.25, -0.2) is 4.79 Å². The number of methoxy groups -OCH3 is 1. The number of benzene rings is 1. The smallest absolute Gasteiger partial charge is 0.339 e. The van der Waals surface area contributed by atoms with Crippen LogP contribution in [0.4, 0.5) is 5.69 Å². The summed E-state index contributed by atoms with van der Waals surface area (Å²) in [6, 6.07) is 3.95. The zero-order valence-corrected chi connectivity index (χ0v) is 13.0. The van der Waals surface area contributed by atoms with Gasteiger partial charge in [-0.2, -0.15) is 0 Å². The summed E-state index contributed by atoms with van der Waals surface area (Å²) in [6.45, 7) is 3.72. The van der Waals surface area contributed by atoms with Crippen LogP contribution in [0.1, 0.15) is 24.2 Å². The summed E-state index contributed by atoms with van der Waals surface area (Å²) in [4.78, 5) is 23.1. The minimum absolute atomic E-state index is 0. The summed E-state index contributed by atoms with van der Waals surface area (Å²) in [7, 11) is 1.27. The number of nitrogens with one attached hydrogen (secondary N) is 1. The monoisotopic (exact) mass is 320 g/mol. The second kappa shape index (κ2) is 8.09. The van der Waals surface area contributed by atoms with Crippen LogP contribution in [0.5, 0.6) is 0 Å². The minimum atomic E-state index is -0.598. The van der Waals surface area contributed by atoms with Gasteiger partial charge in [0, 0.05) is 5.69 Å². The molecule has 0 aromatic heterocycles. The van der Waals surface area contributed by atoms with Crippen molar-refractivity contribution < 1.29 is 14.3 Å². The van der Waals surface area contributed by atoms with E-state index in [1.165, 1.54) is 19.2 Å². The van der Waals surface area contributed by atoms with Crippen LogP contribution in [0, 0.1) is 5.92 Å². The zero-order valence-electron chi connectivity index (χ0n) is 11.5. The molecule has 1 aromatic carbocycles. The number of esters is 1. The van der Waals surface area contributed by atoms with Crippen molar-refractivity contribution in [1.82, 2.24) is 0 Å². The quantitative estimate of drug-likeness (QED) is 0.835. The molecule has 1 rings (SSSR count). The molecule has 3 N–H and O–H groups in total. The molecule has 0 saturated carbocycles. The molecule has 20 heavy (non-hydrogen) atoms. The van der Waals surface area contributed by atoms with E-state index < -0.39 is 12.0 Å². The number of ether oxygens (including phenoxy) is 1. The fourth-order valence-electron chi connectivity index (χ4n) is 1.40. The van der Waals surface area contributed by atoms with Gasteiger partial charge >= 0.3 is 5.97 Å². The Morgan fingerprint density at radius 2 is 1.95 bits per heavy atom. The standard InChI is InChI=1S/C13H17ClN2O3.ClH/c1-7(2)11(15)12(17)16-8-4-5-9(10(14)6-8)13(18)19-3;/h4-7,11H,15H2,1-3H3,(H,16,17);1H/t11-;/m0./s1. The minimum Gasteiger partial charge on any atom is -0.465 e. The number of nitrogens with two attached hydrogens (primary N) is 1. The Bertz CT molecular complexity index is 493. The molecule has 0 aliphatic rings. The molecule has 0 unspecified atom stereocenters. The molecule has 0 fully saturated rings. The van der Waals surface area contributed by atoms with E-state index in [4.69, 9.17) is 17.3 Å². The van der Waals surface area contributed by atoms with Gasteiger partial charge in [0.1, 0.15) is 0 Å². The summed E-state index contributed by atoms with van der Waals surface area (Å²) in [5, 5.41) is 2.86. The summed E-state index contributed by atoms with van der Waals surface area (Å²) in [5.74, 6) is -0.788. The third-order valence-corrected chi connectivity index (χ3v) is 2.98. The lowest BCUT2D eigenvalue weighted by molar-refractivity contribution is -0.118. The van der Waals surface area contributed by atoms with E-state index in [0.29, 0.717) is 5.69 Å². The van der Waals surface area contributed by atoms with Gasteiger partial charge in [0.05, 0.1) is 23.7 Å². The molecule has 1 amide bonds. The van der Waals surface area contributed by atoms with E-state index in [2.05, 4.69) is 10.1 Å². The van der Waals surface area contributed by atoms with Gasteiger partial charge in [0.15, 0.2) is 0 Å². The Balaban J connectivity index is 0.00000361. The van der Waals surface area contributed by atoms with Gasteiger partial charge in [0.2, 0.25) is 5.91 Å². The fourth-order valence-corrected chi connectivity index (χ4v) is 1.65. The van der Waals surface area contributed by atoms with E-state index >= 15 is 0 Å². The first-order chi connectivity index (χ1) is 8.86. The van der Waals surface area contributed by atoms with E-state index in [1.807, 2.05) is 13.8 Å². The first-order valence-corrected chi connectivity index (χ1v) is 6.19. The van der Waals surface area contributed by atoms with E-state index in [-0.39, 0.29) is 34.8 Å². The Kier molecular flexibility index (Phi) is 7.57. The highest BCUT2D eigenvalue weighted by Gasteiger charge is 2.18. The number of anilines is 1. The summed E-state index contributed by atoms with van der Waals surface area (Å²) in [6.07, 6.45) is 0. The fraction of sp³-hybridized carbons (Fsp3) is 0.385. The van der Waals surface area contributed by atoms with Crippen LogP contribution in [0.3, 0.4) is 0 Å². The van der Waals surface area contributed by atoms with Crippen LogP contribution in [0.25, 0.3) is 0 Å². The van der Waals surface area contributed by atoms with Crippen molar-refractivity contribution in [3.05, 3.63) is 28.8 Å². The number of rotatable bonds is 4. The largest absolute Gasteiger partial charge is 0.465 e. The summed E-state index contributed by atoms with van der Waals surface area (Å²) >= 11 is 5.95. The second-order valence-corrected chi connectivity index (χ2v) is 4.85. The molecule has 0 radical (unpaired) electrons. The molecule has 0 saturated heterocycles. The Morgan fingerprint density at radius 3 is 2.40 bits per heavy atom. The molecule has 0 bridgehead atoms. The van der Waals surface area contributed by atoms with Gasteiger partial charge in [-0.05, 0) is 24.1 Å². The number of hydrogen-bond donors (Lipinski definition) is 2. The number of halogens is 2. The van der Waals surface area contributed by atoms with E-state index in [0.717, 1.165) is 0 Å². The van der Waals surface area contributed by atoms with Gasteiger partial charge in [-0.1, -0.05) is 25.4 Å². The first-order valence-electron chi connectivity index (χ1n) is 5.81. The van der Waals surface area contributed by atoms with Crippen molar-refractivity contribution in [2.24, 2.45) is 11.7 Å². The van der Waals surface area contributed by atoms with Crippen molar-refractivity contribution in [2.75, 3.05) is 12.4 Å². The van der Waals surface area contributed by atoms with E-state index in [1.54, 1.807) is 6.07 Å². The van der Waals surface area contributed by atoms with Gasteiger partial charge in [-0.3, -0.25) is 4.79 Å². The molecule has 0 spiro atoms. The van der Waals surface area contributed by atoms with Crippen LogP contribution >= 0.6 is 24.0 Å². The topological polar surface area (TPSA) is 81.4 Å². The maximum Gasteiger partial charge on any atom is 0.339 e. The Labute approximate surface area is 129 Å². The number of amides is 1. The van der Waals surface area contributed by atoms with Crippen molar-refractivity contribution in [2.45, 2.75) is 19.9 Å². The summed E-state index contributed by atoms with van der Waals surface area (Å²) in [5.41, 5.74) is 6.46. The van der Waals surface area contributed by atoms with Crippen molar-refractivity contribution in [3.8, 4) is 0 Å². The Hall–Kier alpha value is -1.30. The normalized spacial score (nSPS) is 11.5. The zero-order chi connectivity index (χ0) is 14.6. The van der Waals surface area contributed by atoms with Crippen molar-refractivity contribution >= 4 is 41.6 Å². The lowest BCUT2D eigenvalue weighted by Crippen LogP contribution is -2.39. The van der Waals surface area contributed by atoms with Crippen LogP contribution < -0.4 is 11.1 Å². The average molecular weight is 321 g/mol. The number of carbonyl (C=O) groups is 2. The molecule has 0 heterocycles. The van der Waals surface area contributed by atoms with Crippen molar-refractivity contribution in [3.63, 3.8) is 0 Å². The Morgan fingerprint density at radius 1 is 1.35 bits per heavy atom. The molecule has 1 aromatic rings. The molecule has 112 valence electrons. The van der Waals surface area contributed by atoms with E-state index in [9.17, 15) is 9.59 Å². The average Bonchev–Trinajstić information content (AvgIpc) is 2.36. The molecular weight excluding hydrogens is 303 g/mol. The number of hydrogen-bond acceptors (Lipinski definition) is 4. The highest BCUT2D eigenvalue weighted by atomic mass is 35.5. The maximum atomic E-state index is 11.8. The number of carbonyl (C=O) groups excluding carboxylic acids is 2. The third-order valence-electron chi connectivity index (χ3n) is 2.66. The lowest BCUT2D eigenvalue weighted by atomic mass is 10.0. The molecule has 1 atom stereocenters. The van der Waals surface area contributed by atoms with Crippen LogP contribution in [0.2, 0.25) is 5.02 Å². The maximum absolute atomic E-state index is 11.8. The molecule has 0 aliphatic carbocycles. The summed E-state index contributed by atoms with van der Waals surface area (Å²) < 4.78 is 4.58. The van der Waals surface area contributed by atoms with Crippen LogP contribution in [0.15, 0.2) is 18.2 Å². The SMILES string of the molecule is COC(=O)c1ccc(NC(=O)[C@@H](N)C(C)C)cc1Cl.Cl. The predicted molar refractivity (Wildman–Crippen MR) is 81.5 cm³/mol. The van der Waals surface area contributed by atoms with Crippen LogP contribution in [-0.4, -0.2) is 25.0 Å². The molecule has 0 aliphatic heterocycles. The second-order valence-electron chi connectivity index (χ2n) is 4.45. The lowest BCUT2D eigenvalue weighted by Gasteiger charge is -2.15. The highest BCUT2D eigenvalue weighted by Crippen LogP contribution is 2.22. The molecular formula is C13H18Cl2N2O3. The highest BCUT2D eigenvalue weighted by molar-refractivity contribution is 6.34. The first kappa shape index (κ1) is 18.7. The predicted octanol–water partition coefficient (Wildman–Crippen LogP) is 2.47. The third kappa shape index (κ3) is 4.67. The molecule has 5 nitrogen and oxygen atoms in total. The van der Waals surface area contributed by atoms with Gasteiger partial charge in [0.25, 0.3) is 0 Å². The van der Waals surface area contributed by atoms with Gasteiger partial charge < -0.3 is 15.8 Å². The molecule has 7 heteroatoms.